The lowest BCUT2D eigenvalue weighted by Gasteiger charge is -1.89. The number of benzene rings is 1. The van der Waals surface area contributed by atoms with Crippen molar-refractivity contribution in [1.82, 2.24) is 0 Å². The molecule has 0 spiro atoms. The summed E-state index contributed by atoms with van der Waals surface area (Å²) in [6, 6.07) is 10.5. The zero-order chi connectivity index (χ0) is 11.2. The molecule has 1 rings (SSSR count). The topological polar surface area (TPSA) is 0 Å². The first kappa shape index (κ1) is 15.7. The molecule has 0 fully saturated rings. The summed E-state index contributed by atoms with van der Waals surface area (Å²) in [5.74, 6) is 0. The maximum absolute atomic E-state index is 2.16. The Hall–Kier alpha value is -0.715. The van der Waals surface area contributed by atoms with Crippen LogP contribution in [0.2, 0.25) is 13.1 Å². The zero-order valence-corrected chi connectivity index (χ0v) is 10.4. The molecule has 0 aliphatic rings. The van der Waals surface area contributed by atoms with Crippen molar-refractivity contribution in [2.24, 2.45) is 0 Å². The first-order valence-electron chi connectivity index (χ1n) is 5.66. The molecule has 0 saturated heterocycles. The molecule has 0 saturated carbocycles. The molecule has 0 N–H and O–H groups in total. The molecular formula is C13H24B. The van der Waals surface area contributed by atoms with Crippen LogP contribution in [0.4, 0.5) is 0 Å². The highest BCUT2D eigenvalue weighted by Crippen LogP contribution is 1.96. The molecule has 0 amide bonds. The minimum absolute atomic E-state index is 1.14. The molecule has 0 atom stereocenters. The van der Waals surface area contributed by atoms with Crippen molar-refractivity contribution in [3.8, 4) is 0 Å². The first-order chi connectivity index (χ1) is 6.85. The molecule has 79 valence electrons. The molecule has 0 aliphatic carbocycles. The van der Waals surface area contributed by atoms with Crippen molar-refractivity contribution in [2.45, 2.75) is 47.3 Å². The van der Waals surface area contributed by atoms with Gasteiger partial charge in [-0.2, -0.15) is 0 Å². The van der Waals surface area contributed by atoms with Gasteiger partial charge in [0, 0.05) is 0 Å². The monoisotopic (exact) mass is 191 g/mol. The van der Waals surface area contributed by atoms with E-state index in [0.717, 1.165) is 6.42 Å². The van der Waals surface area contributed by atoms with E-state index in [9.17, 15) is 0 Å². The van der Waals surface area contributed by atoms with Crippen LogP contribution >= 0.6 is 0 Å². The summed E-state index contributed by atoms with van der Waals surface area (Å²) in [4.78, 5) is 0. The fraction of sp³-hybridized carbons (Fsp3) is 0.538. The molecule has 1 heteroatoms. The van der Waals surface area contributed by atoms with Gasteiger partial charge in [-0.3, -0.25) is 0 Å². The van der Waals surface area contributed by atoms with Crippen molar-refractivity contribution < 1.29 is 0 Å². The molecule has 0 heterocycles. The van der Waals surface area contributed by atoms with Crippen molar-refractivity contribution in [2.75, 3.05) is 0 Å². The largest absolute Gasteiger partial charge is 0.105 e. The van der Waals surface area contributed by atoms with Gasteiger partial charge in [-0.15, -0.1) is 0 Å². The SMILES string of the molecule is CC.CCc1ccccc1.C[B]CC. The number of hydrogen-bond donors (Lipinski definition) is 0. The van der Waals surface area contributed by atoms with Gasteiger partial charge in [0.05, 0.1) is 0 Å². The molecule has 1 aromatic carbocycles. The second kappa shape index (κ2) is 14.8. The van der Waals surface area contributed by atoms with E-state index in [0.29, 0.717) is 0 Å². The Kier molecular flexibility index (Phi) is 16.6. The quantitative estimate of drug-likeness (QED) is 0.605. The molecule has 14 heavy (non-hydrogen) atoms. The Morgan fingerprint density at radius 1 is 1.00 bits per heavy atom. The summed E-state index contributed by atoms with van der Waals surface area (Å²) in [7, 11) is 2.12. The fourth-order valence-corrected chi connectivity index (χ4v) is 0.714. The van der Waals surface area contributed by atoms with Crippen molar-refractivity contribution in [3.63, 3.8) is 0 Å². The standard InChI is InChI=1S/C8H10.C3H8B.C2H6/c1-2-8-6-4-3-5-7-8;1-3-4-2;1-2/h3-7H,2H2,1H3;3H2,1-2H3;1-2H3. The Bertz CT molecular complexity index is 168. The summed E-state index contributed by atoms with van der Waals surface area (Å²) < 4.78 is 0. The van der Waals surface area contributed by atoms with E-state index in [2.05, 4.69) is 52.2 Å². The molecular weight excluding hydrogens is 167 g/mol. The van der Waals surface area contributed by atoms with Gasteiger partial charge < -0.3 is 0 Å². The normalized spacial score (nSPS) is 7.50. The third kappa shape index (κ3) is 11.3. The molecule has 0 unspecified atom stereocenters. The van der Waals surface area contributed by atoms with E-state index in [1.54, 1.807) is 0 Å². The molecule has 1 radical (unpaired) electrons. The highest BCUT2D eigenvalue weighted by molar-refractivity contribution is 6.33. The molecule has 0 bridgehead atoms. The third-order valence-electron chi connectivity index (χ3n) is 1.66. The van der Waals surface area contributed by atoms with Crippen molar-refractivity contribution in [1.29, 1.82) is 0 Å². The van der Waals surface area contributed by atoms with Crippen LogP contribution in [0.15, 0.2) is 30.3 Å². The highest BCUT2D eigenvalue weighted by Gasteiger charge is 1.79. The lowest BCUT2D eigenvalue weighted by molar-refractivity contribution is 1.14. The van der Waals surface area contributed by atoms with Gasteiger partial charge >= 0.3 is 0 Å². The van der Waals surface area contributed by atoms with E-state index in [4.69, 9.17) is 0 Å². The second-order valence-electron chi connectivity index (χ2n) is 2.66. The number of hydrogen-bond acceptors (Lipinski definition) is 0. The summed E-state index contributed by atoms with van der Waals surface area (Å²) >= 11 is 0. The van der Waals surface area contributed by atoms with E-state index < -0.39 is 0 Å². The summed E-state index contributed by atoms with van der Waals surface area (Å²) in [5.41, 5.74) is 1.41. The maximum Gasteiger partial charge on any atom is 0.105 e. The summed E-state index contributed by atoms with van der Waals surface area (Å²) in [5, 5.41) is 0. The van der Waals surface area contributed by atoms with Crippen LogP contribution in [0.3, 0.4) is 0 Å². The van der Waals surface area contributed by atoms with Crippen LogP contribution in [0.25, 0.3) is 0 Å². The van der Waals surface area contributed by atoms with Gasteiger partial charge in [-0.05, 0) is 12.0 Å². The molecule has 0 aliphatic heterocycles. The number of aryl methyl sites for hydroxylation is 1. The molecule has 0 nitrogen and oxygen atoms in total. The maximum atomic E-state index is 2.16. The van der Waals surface area contributed by atoms with Gasteiger partial charge in [-0.1, -0.05) is 71.2 Å². The predicted octanol–water partition coefficient (Wildman–Crippen LogP) is 4.45. The van der Waals surface area contributed by atoms with Crippen LogP contribution < -0.4 is 0 Å². The van der Waals surface area contributed by atoms with E-state index in [1.807, 2.05) is 19.9 Å². The van der Waals surface area contributed by atoms with E-state index in [1.165, 1.54) is 11.9 Å². The lowest BCUT2D eigenvalue weighted by Crippen LogP contribution is -1.73. The van der Waals surface area contributed by atoms with Gasteiger partial charge in [0.25, 0.3) is 0 Å². The zero-order valence-electron chi connectivity index (χ0n) is 10.4. The van der Waals surface area contributed by atoms with Gasteiger partial charge in [0.2, 0.25) is 0 Å². The van der Waals surface area contributed by atoms with Crippen LogP contribution in [0.5, 0.6) is 0 Å². The predicted molar refractivity (Wildman–Crippen MR) is 69.3 cm³/mol. The third-order valence-corrected chi connectivity index (χ3v) is 1.66. The Balaban J connectivity index is 0. The van der Waals surface area contributed by atoms with Crippen LogP contribution in [-0.4, -0.2) is 7.28 Å². The minimum atomic E-state index is 1.14. The average molecular weight is 191 g/mol. The number of rotatable bonds is 2. The molecule has 0 aromatic heterocycles. The Labute approximate surface area is 91.0 Å². The van der Waals surface area contributed by atoms with Crippen LogP contribution in [0.1, 0.15) is 33.3 Å². The highest BCUT2D eigenvalue weighted by atomic mass is 13.9. The van der Waals surface area contributed by atoms with E-state index in [-0.39, 0.29) is 0 Å². The molecule has 1 aromatic rings. The first-order valence-corrected chi connectivity index (χ1v) is 5.66. The van der Waals surface area contributed by atoms with Crippen LogP contribution in [-0.2, 0) is 6.42 Å². The smallest absolute Gasteiger partial charge is 0.0920 e. The van der Waals surface area contributed by atoms with Gasteiger partial charge in [0.15, 0.2) is 0 Å². The minimum Gasteiger partial charge on any atom is -0.0920 e. The van der Waals surface area contributed by atoms with Gasteiger partial charge in [0.1, 0.15) is 7.28 Å². The Morgan fingerprint density at radius 2 is 1.43 bits per heavy atom. The van der Waals surface area contributed by atoms with Crippen molar-refractivity contribution >= 4 is 7.28 Å². The van der Waals surface area contributed by atoms with Crippen LogP contribution in [0, 0.1) is 0 Å². The fourth-order valence-electron chi connectivity index (χ4n) is 0.714. The lowest BCUT2D eigenvalue weighted by atomic mass is 9.79. The second-order valence-corrected chi connectivity index (χ2v) is 2.66. The summed E-state index contributed by atoms with van der Waals surface area (Å²) in [6.07, 6.45) is 2.33. The summed E-state index contributed by atoms with van der Waals surface area (Å²) in [6.45, 7) is 10.3. The Morgan fingerprint density at radius 3 is 1.64 bits per heavy atom. The van der Waals surface area contributed by atoms with Crippen molar-refractivity contribution in [3.05, 3.63) is 35.9 Å². The average Bonchev–Trinajstić information content (AvgIpc) is 2.33. The van der Waals surface area contributed by atoms with E-state index >= 15 is 0 Å². The van der Waals surface area contributed by atoms with Gasteiger partial charge in [-0.25, -0.2) is 0 Å².